The number of carbonyl (C=O) groups excluding carboxylic acids is 2. The number of hydrogen-bond donors (Lipinski definition) is 0. The fourth-order valence-electron chi connectivity index (χ4n) is 2.96. The lowest BCUT2D eigenvalue weighted by molar-refractivity contribution is -0.120. The Morgan fingerprint density at radius 3 is 2.35 bits per heavy atom. The second-order valence-corrected chi connectivity index (χ2v) is 6.27. The average molecular weight is 371 g/mol. The molecule has 0 aliphatic carbocycles. The number of halogens is 1. The third-order valence-corrected chi connectivity index (χ3v) is 4.58. The largest absolute Gasteiger partial charge is 0.497 e. The molecular weight excluding hydrogens is 352 g/mol. The summed E-state index contributed by atoms with van der Waals surface area (Å²) in [5.74, 6) is -0.321. The number of ether oxygens (including phenoxy) is 1. The standard InChI is InChI=1S/C20H19ClN2O3/c1-4-22(15-7-5-6-13(2)12-15)18-17(21)19(24)23(20(18)25)14-8-10-16(26-3)11-9-14/h5-12H,4H2,1-3H3. The lowest BCUT2D eigenvalue weighted by Gasteiger charge is -2.24. The van der Waals surface area contributed by atoms with Crippen LogP contribution in [0.1, 0.15) is 12.5 Å². The third kappa shape index (κ3) is 3.06. The van der Waals surface area contributed by atoms with Crippen molar-refractivity contribution in [1.82, 2.24) is 0 Å². The Morgan fingerprint density at radius 1 is 1.08 bits per heavy atom. The van der Waals surface area contributed by atoms with Crippen LogP contribution in [0.15, 0.2) is 59.3 Å². The first-order valence-corrected chi connectivity index (χ1v) is 8.62. The zero-order valence-electron chi connectivity index (χ0n) is 14.8. The van der Waals surface area contributed by atoms with Crippen molar-refractivity contribution >= 4 is 34.8 Å². The van der Waals surface area contributed by atoms with Crippen LogP contribution in [0.25, 0.3) is 0 Å². The zero-order valence-corrected chi connectivity index (χ0v) is 15.6. The van der Waals surface area contributed by atoms with Crippen LogP contribution in [0.4, 0.5) is 11.4 Å². The monoisotopic (exact) mass is 370 g/mol. The molecule has 0 spiro atoms. The van der Waals surface area contributed by atoms with E-state index in [4.69, 9.17) is 16.3 Å². The van der Waals surface area contributed by atoms with E-state index in [-0.39, 0.29) is 10.7 Å². The van der Waals surface area contributed by atoms with E-state index in [1.165, 1.54) is 0 Å². The summed E-state index contributed by atoms with van der Waals surface area (Å²) in [7, 11) is 1.55. The molecule has 0 N–H and O–H groups in total. The van der Waals surface area contributed by atoms with Crippen molar-refractivity contribution in [2.24, 2.45) is 0 Å². The van der Waals surface area contributed by atoms with Crippen LogP contribution in [0.2, 0.25) is 0 Å². The number of aryl methyl sites for hydroxylation is 1. The Bertz CT molecular complexity index is 890. The Morgan fingerprint density at radius 2 is 1.77 bits per heavy atom. The van der Waals surface area contributed by atoms with Crippen molar-refractivity contribution in [1.29, 1.82) is 0 Å². The van der Waals surface area contributed by atoms with E-state index in [2.05, 4.69) is 0 Å². The first kappa shape index (κ1) is 18.0. The molecule has 134 valence electrons. The van der Waals surface area contributed by atoms with Crippen molar-refractivity contribution in [3.63, 3.8) is 0 Å². The molecule has 3 rings (SSSR count). The van der Waals surface area contributed by atoms with Crippen LogP contribution in [0, 0.1) is 6.92 Å². The van der Waals surface area contributed by atoms with E-state index in [1.807, 2.05) is 38.1 Å². The van der Waals surface area contributed by atoms with Gasteiger partial charge in [-0.05, 0) is 55.8 Å². The maximum atomic E-state index is 13.0. The van der Waals surface area contributed by atoms with Gasteiger partial charge in [-0.15, -0.1) is 0 Å². The summed E-state index contributed by atoms with van der Waals surface area (Å²) >= 11 is 6.29. The molecule has 0 fully saturated rings. The molecule has 0 atom stereocenters. The summed E-state index contributed by atoms with van der Waals surface area (Å²) in [6.45, 7) is 4.39. The van der Waals surface area contributed by atoms with Gasteiger partial charge in [0, 0.05) is 12.2 Å². The SMILES string of the molecule is CCN(C1=C(Cl)C(=O)N(c2ccc(OC)cc2)C1=O)c1cccc(C)c1. The second kappa shape index (κ2) is 7.22. The molecule has 1 aliphatic heterocycles. The maximum absolute atomic E-state index is 13.0. The van der Waals surface area contributed by atoms with Gasteiger partial charge >= 0.3 is 0 Å². The predicted octanol–water partition coefficient (Wildman–Crippen LogP) is 3.85. The van der Waals surface area contributed by atoms with E-state index in [0.29, 0.717) is 18.0 Å². The minimum Gasteiger partial charge on any atom is -0.497 e. The Hall–Kier alpha value is -2.79. The highest BCUT2D eigenvalue weighted by molar-refractivity contribution is 6.53. The molecule has 5 nitrogen and oxygen atoms in total. The molecule has 1 aliphatic rings. The van der Waals surface area contributed by atoms with Crippen LogP contribution in [-0.2, 0) is 9.59 Å². The Labute approximate surface area is 157 Å². The summed E-state index contributed by atoms with van der Waals surface area (Å²) in [5, 5.41) is -0.0748. The molecule has 0 radical (unpaired) electrons. The summed E-state index contributed by atoms with van der Waals surface area (Å²) < 4.78 is 5.12. The highest BCUT2D eigenvalue weighted by atomic mass is 35.5. The van der Waals surface area contributed by atoms with E-state index < -0.39 is 11.8 Å². The van der Waals surface area contributed by atoms with Gasteiger partial charge in [0.2, 0.25) is 0 Å². The predicted molar refractivity (Wildman–Crippen MR) is 103 cm³/mol. The van der Waals surface area contributed by atoms with Gasteiger partial charge in [0.25, 0.3) is 11.8 Å². The summed E-state index contributed by atoms with van der Waals surface area (Å²) in [6, 6.07) is 14.4. The zero-order chi connectivity index (χ0) is 18.8. The maximum Gasteiger partial charge on any atom is 0.283 e. The topological polar surface area (TPSA) is 49.9 Å². The molecule has 0 bridgehead atoms. The van der Waals surface area contributed by atoms with Gasteiger partial charge in [-0.25, -0.2) is 4.90 Å². The fourth-order valence-corrected chi connectivity index (χ4v) is 3.22. The van der Waals surface area contributed by atoms with Crippen molar-refractivity contribution in [2.75, 3.05) is 23.5 Å². The fraction of sp³-hybridized carbons (Fsp3) is 0.200. The number of anilines is 2. The quantitative estimate of drug-likeness (QED) is 0.750. The Balaban J connectivity index is 1.99. The molecule has 2 aromatic rings. The van der Waals surface area contributed by atoms with E-state index in [9.17, 15) is 9.59 Å². The van der Waals surface area contributed by atoms with Crippen LogP contribution in [0.5, 0.6) is 5.75 Å². The highest BCUT2D eigenvalue weighted by Gasteiger charge is 2.41. The number of rotatable bonds is 5. The molecule has 2 aromatic carbocycles. The van der Waals surface area contributed by atoms with Crippen LogP contribution in [-0.4, -0.2) is 25.5 Å². The van der Waals surface area contributed by atoms with Crippen LogP contribution < -0.4 is 14.5 Å². The van der Waals surface area contributed by atoms with Gasteiger partial charge in [-0.2, -0.15) is 0 Å². The number of nitrogens with zero attached hydrogens (tertiary/aromatic N) is 2. The van der Waals surface area contributed by atoms with Gasteiger partial charge < -0.3 is 9.64 Å². The molecule has 0 saturated carbocycles. The molecule has 0 saturated heterocycles. The summed E-state index contributed by atoms with van der Waals surface area (Å²) in [6.07, 6.45) is 0. The molecule has 1 heterocycles. The minimum atomic E-state index is -0.525. The number of benzene rings is 2. The number of likely N-dealkylation sites (N-methyl/N-ethyl adjacent to an activating group) is 1. The minimum absolute atomic E-state index is 0.0748. The van der Waals surface area contributed by atoms with E-state index >= 15 is 0 Å². The molecule has 0 aromatic heterocycles. The van der Waals surface area contributed by atoms with Gasteiger partial charge in [0.1, 0.15) is 16.5 Å². The van der Waals surface area contributed by atoms with Gasteiger partial charge in [-0.1, -0.05) is 23.7 Å². The first-order valence-electron chi connectivity index (χ1n) is 8.24. The van der Waals surface area contributed by atoms with Crippen LogP contribution in [0.3, 0.4) is 0 Å². The van der Waals surface area contributed by atoms with Gasteiger partial charge in [-0.3, -0.25) is 9.59 Å². The summed E-state index contributed by atoms with van der Waals surface area (Å²) in [5.41, 5.74) is 2.52. The van der Waals surface area contributed by atoms with E-state index in [1.54, 1.807) is 36.3 Å². The normalized spacial score (nSPS) is 14.2. The molecule has 6 heteroatoms. The number of carbonyl (C=O) groups is 2. The van der Waals surface area contributed by atoms with Crippen molar-refractivity contribution in [3.05, 3.63) is 64.8 Å². The molecule has 0 unspecified atom stereocenters. The lowest BCUT2D eigenvalue weighted by atomic mass is 10.2. The van der Waals surface area contributed by atoms with E-state index in [0.717, 1.165) is 16.2 Å². The number of methoxy groups -OCH3 is 1. The summed E-state index contributed by atoms with van der Waals surface area (Å²) in [4.78, 5) is 28.5. The number of amides is 2. The number of imide groups is 1. The van der Waals surface area contributed by atoms with Crippen molar-refractivity contribution < 1.29 is 14.3 Å². The smallest absolute Gasteiger partial charge is 0.283 e. The van der Waals surface area contributed by atoms with Crippen molar-refractivity contribution in [3.8, 4) is 5.75 Å². The molecular formula is C20H19ClN2O3. The lowest BCUT2D eigenvalue weighted by Crippen LogP contribution is -2.35. The highest BCUT2D eigenvalue weighted by Crippen LogP contribution is 2.34. The van der Waals surface area contributed by atoms with Crippen molar-refractivity contribution in [2.45, 2.75) is 13.8 Å². The first-order chi connectivity index (χ1) is 12.5. The Kier molecular flexibility index (Phi) is 5.00. The number of hydrogen-bond acceptors (Lipinski definition) is 4. The van der Waals surface area contributed by atoms with Gasteiger partial charge in [0.15, 0.2) is 0 Å². The second-order valence-electron chi connectivity index (χ2n) is 5.89. The van der Waals surface area contributed by atoms with Crippen LogP contribution >= 0.6 is 11.6 Å². The average Bonchev–Trinajstić information content (AvgIpc) is 2.86. The molecule has 26 heavy (non-hydrogen) atoms. The van der Waals surface area contributed by atoms with Gasteiger partial charge in [0.05, 0.1) is 12.8 Å². The third-order valence-electron chi connectivity index (χ3n) is 4.23. The molecule has 2 amide bonds.